The van der Waals surface area contributed by atoms with Crippen molar-refractivity contribution in [2.24, 2.45) is 0 Å². The highest BCUT2D eigenvalue weighted by atomic mass is 32.2. The average Bonchev–Trinajstić information content (AvgIpc) is 3.24. The topological polar surface area (TPSA) is 38.1 Å². The van der Waals surface area contributed by atoms with Gasteiger partial charge in [-0.05, 0) is 18.4 Å². The summed E-state index contributed by atoms with van der Waals surface area (Å²) in [4.78, 5) is 18.6. The maximum atomic E-state index is 12.5. The van der Waals surface area contributed by atoms with Crippen LogP contribution in [0.3, 0.4) is 0 Å². The van der Waals surface area contributed by atoms with Crippen molar-refractivity contribution in [3.8, 4) is 0 Å². The Labute approximate surface area is 129 Å². The molecule has 1 aliphatic rings. The van der Waals surface area contributed by atoms with Gasteiger partial charge in [-0.3, -0.25) is 4.79 Å². The first kappa shape index (κ1) is 14.2. The monoisotopic (exact) mass is 301 g/mol. The molecule has 0 bridgehead atoms. The van der Waals surface area contributed by atoms with Crippen LogP contribution in [0.1, 0.15) is 29.7 Å². The molecule has 21 heavy (non-hydrogen) atoms. The van der Waals surface area contributed by atoms with Crippen molar-refractivity contribution >= 4 is 17.7 Å². The van der Waals surface area contributed by atoms with Crippen molar-refractivity contribution in [3.63, 3.8) is 0 Å². The fourth-order valence-corrected chi connectivity index (χ4v) is 3.52. The molecule has 2 aromatic rings. The Bertz CT molecular complexity index is 619. The highest BCUT2D eigenvalue weighted by Crippen LogP contribution is 2.41. The fraction of sp³-hybridized carbons (Fsp3) is 0.375. The van der Waals surface area contributed by atoms with Crippen LogP contribution in [0.15, 0.2) is 47.9 Å². The minimum Gasteiger partial charge on any atom is -0.348 e. The van der Waals surface area contributed by atoms with Crippen LogP contribution in [0.5, 0.6) is 0 Å². The van der Waals surface area contributed by atoms with Crippen LogP contribution in [-0.2, 0) is 4.79 Å². The Kier molecular flexibility index (Phi) is 4.01. The van der Waals surface area contributed by atoms with Gasteiger partial charge in [-0.25, -0.2) is 4.98 Å². The first-order valence-electron chi connectivity index (χ1n) is 7.12. The van der Waals surface area contributed by atoms with Gasteiger partial charge in [0.2, 0.25) is 5.91 Å². The highest BCUT2D eigenvalue weighted by Gasteiger charge is 2.29. The van der Waals surface area contributed by atoms with E-state index in [0.717, 1.165) is 10.7 Å². The molecule has 0 radical (unpaired) electrons. The van der Waals surface area contributed by atoms with Crippen LogP contribution >= 0.6 is 11.8 Å². The molecule has 0 saturated heterocycles. The van der Waals surface area contributed by atoms with Gasteiger partial charge >= 0.3 is 0 Å². The van der Waals surface area contributed by atoms with Crippen molar-refractivity contribution < 1.29 is 4.79 Å². The van der Waals surface area contributed by atoms with E-state index in [1.54, 1.807) is 30.8 Å². The third-order valence-corrected chi connectivity index (χ3v) is 4.80. The van der Waals surface area contributed by atoms with Crippen molar-refractivity contribution in [3.05, 3.63) is 48.3 Å². The van der Waals surface area contributed by atoms with Crippen LogP contribution in [0.25, 0.3) is 0 Å². The predicted molar refractivity (Wildman–Crippen MR) is 84.2 cm³/mol. The second-order valence-electron chi connectivity index (χ2n) is 5.49. The van der Waals surface area contributed by atoms with Gasteiger partial charge in [0.15, 0.2) is 5.16 Å². The molecule has 5 heteroatoms. The van der Waals surface area contributed by atoms with Gasteiger partial charge in [-0.2, -0.15) is 0 Å². The molecule has 1 aromatic carbocycles. The smallest absolute Gasteiger partial charge is 0.240 e. The summed E-state index contributed by atoms with van der Waals surface area (Å²) in [7, 11) is 3.60. The lowest BCUT2D eigenvalue weighted by atomic mass is 10.1. The lowest BCUT2D eigenvalue weighted by molar-refractivity contribution is -0.128. The number of nitrogens with zero attached hydrogens (tertiary/aromatic N) is 3. The number of carbonyl (C=O) groups excluding carboxylic acids is 1. The molecule has 1 heterocycles. The molecule has 110 valence electrons. The minimum absolute atomic E-state index is 0.0940. The Morgan fingerprint density at radius 2 is 2.05 bits per heavy atom. The quantitative estimate of drug-likeness (QED) is 0.796. The molecule has 0 aliphatic heterocycles. The lowest BCUT2D eigenvalue weighted by Crippen LogP contribution is -2.27. The van der Waals surface area contributed by atoms with Crippen molar-refractivity contribution in [2.75, 3.05) is 14.1 Å². The largest absolute Gasteiger partial charge is 0.348 e. The Morgan fingerprint density at radius 3 is 2.67 bits per heavy atom. The highest BCUT2D eigenvalue weighted by molar-refractivity contribution is 8.00. The molecule has 1 fully saturated rings. The zero-order valence-electron chi connectivity index (χ0n) is 12.3. The van der Waals surface area contributed by atoms with Gasteiger partial charge in [-0.15, -0.1) is 0 Å². The second kappa shape index (κ2) is 5.93. The number of likely N-dealkylation sites (N-methyl/N-ethyl adjacent to an activating group) is 1. The molecule has 1 saturated carbocycles. The van der Waals surface area contributed by atoms with Crippen LogP contribution in [0, 0.1) is 0 Å². The van der Waals surface area contributed by atoms with Crippen LogP contribution in [0.2, 0.25) is 0 Å². The zero-order chi connectivity index (χ0) is 14.8. The Balaban J connectivity index is 1.88. The van der Waals surface area contributed by atoms with E-state index < -0.39 is 0 Å². The van der Waals surface area contributed by atoms with Crippen LogP contribution in [0.4, 0.5) is 0 Å². The number of benzene rings is 1. The summed E-state index contributed by atoms with van der Waals surface area (Å²) in [6.45, 7) is 0. The van der Waals surface area contributed by atoms with Crippen LogP contribution < -0.4 is 0 Å². The third-order valence-electron chi connectivity index (χ3n) is 3.56. The Morgan fingerprint density at radius 1 is 1.33 bits per heavy atom. The average molecular weight is 301 g/mol. The van der Waals surface area contributed by atoms with Gasteiger partial charge in [-0.1, -0.05) is 42.1 Å². The van der Waals surface area contributed by atoms with Gasteiger partial charge in [0.05, 0.1) is 0 Å². The number of hydrogen-bond acceptors (Lipinski definition) is 3. The standard InChI is InChI=1S/C16H19N3OS/c1-18(2)15(20)14(12-6-4-3-5-7-12)21-16-17-10-11-19(16)13-8-9-13/h3-7,10-11,13-14H,8-9H2,1-2H3/t14-/m0/s1. The molecule has 1 aliphatic carbocycles. The van der Waals surface area contributed by atoms with E-state index in [0.29, 0.717) is 6.04 Å². The van der Waals surface area contributed by atoms with E-state index in [1.807, 2.05) is 42.7 Å². The lowest BCUT2D eigenvalue weighted by Gasteiger charge is -2.20. The fourth-order valence-electron chi connectivity index (χ4n) is 2.25. The summed E-state index contributed by atoms with van der Waals surface area (Å²) < 4.78 is 2.20. The normalized spacial score (nSPS) is 15.7. The molecule has 4 nitrogen and oxygen atoms in total. The van der Waals surface area contributed by atoms with Crippen LogP contribution in [-0.4, -0.2) is 34.5 Å². The van der Waals surface area contributed by atoms with Crippen molar-refractivity contribution in [1.82, 2.24) is 14.5 Å². The number of hydrogen-bond donors (Lipinski definition) is 0. The summed E-state index contributed by atoms with van der Waals surface area (Å²) >= 11 is 1.54. The predicted octanol–water partition coefficient (Wildman–Crippen LogP) is 3.14. The molecular formula is C16H19N3OS. The number of aromatic nitrogens is 2. The third kappa shape index (κ3) is 3.13. The maximum absolute atomic E-state index is 12.5. The minimum atomic E-state index is -0.249. The molecule has 0 spiro atoms. The summed E-state index contributed by atoms with van der Waals surface area (Å²) in [5.74, 6) is 0.0940. The van der Waals surface area contributed by atoms with Gasteiger partial charge < -0.3 is 9.47 Å². The van der Waals surface area contributed by atoms with Crippen molar-refractivity contribution in [2.45, 2.75) is 29.3 Å². The first-order chi connectivity index (χ1) is 10.2. The zero-order valence-corrected chi connectivity index (χ0v) is 13.1. The molecule has 0 unspecified atom stereocenters. The number of carbonyl (C=O) groups is 1. The summed E-state index contributed by atoms with van der Waals surface area (Å²) in [5.41, 5.74) is 1.02. The molecular weight excluding hydrogens is 282 g/mol. The maximum Gasteiger partial charge on any atom is 0.240 e. The molecule has 1 atom stereocenters. The van der Waals surface area contributed by atoms with E-state index in [2.05, 4.69) is 9.55 Å². The first-order valence-corrected chi connectivity index (χ1v) is 8.00. The SMILES string of the molecule is CN(C)C(=O)[C@@H](Sc1nccn1C1CC1)c1ccccc1. The van der Waals surface area contributed by atoms with Crippen molar-refractivity contribution in [1.29, 1.82) is 0 Å². The summed E-state index contributed by atoms with van der Waals surface area (Å²) in [6.07, 6.45) is 6.26. The van der Waals surface area contributed by atoms with E-state index in [4.69, 9.17) is 0 Å². The number of thioether (sulfide) groups is 1. The molecule has 1 aromatic heterocycles. The van der Waals surface area contributed by atoms with E-state index >= 15 is 0 Å². The second-order valence-corrected chi connectivity index (χ2v) is 6.56. The molecule has 1 amide bonds. The van der Waals surface area contributed by atoms with E-state index in [-0.39, 0.29) is 11.2 Å². The van der Waals surface area contributed by atoms with E-state index in [9.17, 15) is 4.79 Å². The number of rotatable bonds is 5. The van der Waals surface area contributed by atoms with E-state index in [1.165, 1.54) is 12.8 Å². The molecule has 0 N–H and O–H groups in total. The van der Waals surface area contributed by atoms with Gasteiger partial charge in [0.25, 0.3) is 0 Å². The number of amides is 1. The summed E-state index contributed by atoms with van der Waals surface area (Å²) in [5, 5.41) is 0.683. The van der Waals surface area contributed by atoms with Gasteiger partial charge in [0, 0.05) is 32.5 Å². The number of imidazole rings is 1. The molecule has 3 rings (SSSR count). The van der Waals surface area contributed by atoms with Gasteiger partial charge in [0.1, 0.15) is 5.25 Å². The Hall–Kier alpha value is -1.75. The summed E-state index contributed by atoms with van der Waals surface area (Å²) in [6, 6.07) is 10.5.